The molecule has 210 valence electrons. The maximum Gasteiger partial charge on any atom is 0.301 e. The second kappa shape index (κ2) is 10.0. The maximum absolute atomic E-state index is 13.7. The highest BCUT2D eigenvalue weighted by Crippen LogP contribution is 2.45. The number of thiazole rings is 1. The molecule has 1 fully saturated rings. The molecule has 3 aromatic carbocycles. The van der Waals surface area contributed by atoms with Crippen LogP contribution in [0.4, 0.5) is 5.13 Å². The molecule has 0 aliphatic carbocycles. The fourth-order valence-corrected chi connectivity index (χ4v) is 6.51. The van der Waals surface area contributed by atoms with Gasteiger partial charge < -0.3 is 14.6 Å². The predicted octanol–water partition coefficient (Wildman–Crippen LogP) is 6.94. The number of hydrogen-bond acceptors (Lipinski definition) is 7. The Labute approximate surface area is 243 Å². The highest BCUT2D eigenvalue weighted by atomic mass is 32.1. The average molecular weight is 569 g/mol. The van der Waals surface area contributed by atoms with E-state index < -0.39 is 17.7 Å². The molecule has 8 heteroatoms. The molecule has 1 saturated heterocycles. The summed E-state index contributed by atoms with van der Waals surface area (Å²) < 4.78 is 12.3. The van der Waals surface area contributed by atoms with Crippen LogP contribution in [0.25, 0.3) is 16.0 Å². The maximum atomic E-state index is 13.7. The van der Waals surface area contributed by atoms with Gasteiger partial charge in [0, 0.05) is 12.0 Å². The van der Waals surface area contributed by atoms with Gasteiger partial charge in [-0.1, -0.05) is 56.4 Å². The SMILES string of the molecule is CCOc1ccc2nc(N3C(=O)C(=O)/C(=C(/O)c4ccc5c(c4)C[C@H](C)O5)[C@@H]3c3ccc(C(C)(C)C)cc3)sc2c1. The van der Waals surface area contributed by atoms with Gasteiger partial charge in [0.15, 0.2) is 5.13 Å². The van der Waals surface area contributed by atoms with E-state index in [0.29, 0.717) is 40.6 Å². The quantitative estimate of drug-likeness (QED) is 0.159. The number of ether oxygens (including phenoxy) is 2. The smallest absolute Gasteiger partial charge is 0.301 e. The Morgan fingerprint density at radius 1 is 1.10 bits per heavy atom. The molecule has 2 atom stereocenters. The number of aliphatic hydroxyl groups excluding tert-OH is 1. The minimum Gasteiger partial charge on any atom is -0.507 e. The molecule has 1 amide bonds. The van der Waals surface area contributed by atoms with E-state index in [0.717, 1.165) is 21.6 Å². The molecule has 7 nitrogen and oxygen atoms in total. The molecule has 2 aliphatic heterocycles. The van der Waals surface area contributed by atoms with Gasteiger partial charge in [-0.2, -0.15) is 0 Å². The van der Waals surface area contributed by atoms with E-state index >= 15 is 0 Å². The predicted molar refractivity (Wildman–Crippen MR) is 161 cm³/mol. The number of carbonyl (C=O) groups excluding carboxylic acids is 2. The number of anilines is 1. The summed E-state index contributed by atoms with van der Waals surface area (Å²) in [5.74, 6) is -0.200. The number of nitrogens with zero attached hydrogens (tertiary/aromatic N) is 2. The Morgan fingerprint density at radius 3 is 2.56 bits per heavy atom. The fourth-order valence-electron chi connectivity index (χ4n) is 5.49. The van der Waals surface area contributed by atoms with Crippen molar-refractivity contribution in [2.45, 2.75) is 58.6 Å². The molecule has 41 heavy (non-hydrogen) atoms. The minimum atomic E-state index is -0.848. The van der Waals surface area contributed by atoms with E-state index in [1.807, 2.05) is 62.4 Å². The third-order valence-electron chi connectivity index (χ3n) is 7.57. The van der Waals surface area contributed by atoms with Gasteiger partial charge in [-0.25, -0.2) is 4.98 Å². The third-order valence-corrected chi connectivity index (χ3v) is 8.59. The van der Waals surface area contributed by atoms with Crippen LogP contribution in [0.1, 0.15) is 62.9 Å². The van der Waals surface area contributed by atoms with Crippen LogP contribution in [0.15, 0.2) is 66.2 Å². The number of hydrogen-bond donors (Lipinski definition) is 1. The Balaban J connectivity index is 1.51. The van der Waals surface area contributed by atoms with Crippen LogP contribution in [-0.4, -0.2) is 34.5 Å². The Bertz CT molecular complexity index is 1710. The van der Waals surface area contributed by atoms with E-state index in [-0.39, 0.29) is 22.9 Å². The molecule has 0 unspecified atom stereocenters. The van der Waals surface area contributed by atoms with Crippen molar-refractivity contribution in [2.75, 3.05) is 11.5 Å². The highest BCUT2D eigenvalue weighted by Gasteiger charge is 2.48. The number of Topliss-reactive ketones (excluding diaryl/α,β-unsaturated/α-hetero) is 1. The van der Waals surface area contributed by atoms with Gasteiger partial charge in [0.2, 0.25) is 0 Å². The molecule has 1 N–H and O–H groups in total. The number of aliphatic hydroxyl groups is 1. The van der Waals surface area contributed by atoms with Crippen molar-refractivity contribution < 1.29 is 24.2 Å². The molecule has 0 saturated carbocycles. The second-order valence-corrected chi connectivity index (χ2v) is 12.6. The number of amides is 1. The lowest BCUT2D eigenvalue weighted by molar-refractivity contribution is -0.132. The zero-order chi connectivity index (χ0) is 29.1. The van der Waals surface area contributed by atoms with Crippen LogP contribution in [0.2, 0.25) is 0 Å². The van der Waals surface area contributed by atoms with Crippen molar-refractivity contribution >= 4 is 44.1 Å². The number of rotatable bonds is 5. The van der Waals surface area contributed by atoms with Gasteiger partial charge in [-0.05, 0) is 72.4 Å². The van der Waals surface area contributed by atoms with Gasteiger partial charge in [0.25, 0.3) is 5.78 Å². The van der Waals surface area contributed by atoms with E-state index in [4.69, 9.17) is 14.5 Å². The number of ketones is 1. The minimum absolute atomic E-state index is 0.0385. The zero-order valence-electron chi connectivity index (χ0n) is 23.7. The summed E-state index contributed by atoms with van der Waals surface area (Å²) in [6, 6.07) is 18.0. The van der Waals surface area contributed by atoms with Crippen LogP contribution in [0.3, 0.4) is 0 Å². The molecule has 4 aromatic rings. The summed E-state index contributed by atoms with van der Waals surface area (Å²) in [5, 5.41) is 12.0. The molecule has 0 radical (unpaired) electrons. The van der Waals surface area contributed by atoms with Gasteiger partial charge in [-0.3, -0.25) is 14.5 Å². The summed E-state index contributed by atoms with van der Waals surface area (Å²) in [7, 11) is 0. The van der Waals surface area contributed by atoms with Crippen LogP contribution in [-0.2, 0) is 21.4 Å². The first-order valence-corrected chi connectivity index (χ1v) is 14.6. The normalized spacial score (nSPS) is 20.0. The van der Waals surface area contributed by atoms with Crippen molar-refractivity contribution in [3.63, 3.8) is 0 Å². The summed E-state index contributed by atoms with van der Waals surface area (Å²) in [6.45, 7) is 10.8. The lowest BCUT2D eigenvalue weighted by Gasteiger charge is -2.24. The topological polar surface area (TPSA) is 89.0 Å². The molecular weight excluding hydrogens is 536 g/mol. The van der Waals surface area contributed by atoms with Crippen LogP contribution < -0.4 is 14.4 Å². The van der Waals surface area contributed by atoms with E-state index in [2.05, 4.69) is 20.8 Å². The van der Waals surface area contributed by atoms with Crippen molar-refractivity contribution in [2.24, 2.45) is 0 Å². The number of benzene rings is 3. The molecule has 0 bridgehead atoms. The Morgan fingerprint density at radius 2 is 1.85 bits per heavy atom. The third kappa shape index (κ3) is 4.76. The van der Waals surface area contributed by atoms with E-state index in [1.165, 1.54) is 16.2 Å². The molecule has 3 heterocycles. The lowest BCUT2D eigenvalue weighted by Crippen LogP contribution is -2.29. The summed E-state index contributed by atoms with van der Waals surface area (Å²) >= 11 is 1.31. The van der Waals surface area contributed by atoms with Gasteiger partial charge >= 0.3 is 5.91 Å². The fraction of sp³-hybridized carbons (Fsp3) is 0.303. The summed E-state index contributed by atoms with van der Waals surface area (Å²) in [4.78, 5) is 33.5. The number of carbonyl (C=O) groups is 2. The number of aromatic nitrogens is 1. The summed E-state index contributed by atoms with van der Waals surface area (Å²) in [5.41, 5.74) is 3.93. The average Bonchev–Trinajstić information content (AvgIpc) is 3.60. The van der Waals surface area contributed by atoms with Crippen molar-refractivity contribution in [3.05, 3.63) is 88.5 Å². The van der Waals surface area contributed by atoms with Gasteiger partial charge in [0.1, 0.15) is 23.4 Å². The van der Waals surface area contributed by atoms with Crippen molar-refractivity contribution in [1.29, 1.82) is 0 Å². The Kier molecular flexibility index (Phi) is 6.61. The summed E-state index contributed by atoms with van der Waals surface area (Å²) in [6.07, 6.45) is 0.745. The monoisotopic (exact) mass is 568 g/mol. The van der Waals surface area contributed by atoms with Crippen LogP contribution >= 0.6 is 11.3 Å². The van der Waals surface area contributed by atoms with Gasteiger partial charge in [0.05, 0.1) is 28.4 Å². The highest BCUT2D eigenvalue weighted by molar-refractivity contribution is 7.22. The first-order valence-electron chi connectivity index (χ1n) is 13.8. The van der Waals surface area contributed by atoms with Crippen molar-refractivity contribution in [3.8, 4) is 11.5 Å². The molecule has 6 rings (SSSR count). The lowest BCUT2D eigenvalue weighted by atomic mass is 9.85. The molecular formula is C33H32N2O5S. The largest absolute Gasteiger partial charge is 0.507 e. The first kappa shape index (κ1) is 27.0. The second-order valence-electron chi connectivity index (χ2n) is 11.6. The molecule has 0 spiro atoms. The number of fused-ring (bicyclic) bond motifs is 2. The zero-order valence-corrected chi connectivity index (χ0v) is 24.5. The van der Waals surface area contributed by atoms with E-state index in [1.54, 1.807) is 12.1 Å². The van der Waals surface area contributed by atoms with Crippen LogP contribution in [0.5, 0.6) is 11.5 Å². The molecule has 1 aromatic heterocycles. The standard InChI is InChI=1S/C33H32N2O5S/c1-6-39-23-12-13-24-26(17-23)41-32(34-24)35-28(19-7-10-22(11-8-19)33(3,4)5)27(30(37)31(35)38)29(36)20-9-14-25-21(16-20)15-18(2)40-25/h7-14,16-18,28,36H,6,15H2,1-5H3/b29-27+/t18-,28-/m0/s1. The Hall–Kier alpha value is -4.17. The molecule has 2 aliphatic rings. The van der Waals surface area contributed by atoms with Crippen LogP contribution in [0, 0.1) is 0 Å². The van der Waals surface area contributed by atoms with Crippen molar-refractivity contribution in [1.82, 2.24) is 4.98 Å². The van der Waals surface area contributed by atoms with E-state index in [9.17, 15) is 14.7 Å². The van der Waals surface area contributed by atoms with Gasteiger partial charge in [-0.15, -0.1) is 0 Å². The first-order chi connectivity index (χ1) is 19.5.